The Morgan fingerprint density at radius 1 is 1.36 bits per heavy atom. The van der Waals surface area contributed by atoms with E-state index in [2.05, 4.69) is 26.9 Å². The number of nitrogens with zero attached hydrogens (tertiary/aromatic N) is 4. The highest BCUT2D eigenvalue weighted by Gasteiger charge is 2.19. The van der Waals surface area contributed by atoms with Gasteiger partial charge in [-0.3, -0.25) is 4.79 Å². The predicted molar refractivity (Wildman–Crippen MR) is 100 cm³/mol. The van der Waals surface area contributed by atoms with E-state index in [0.29, 0.717) is 11.7 Å². The molecule has 0 fully saturated rings. The number of aryl methyl sites for hydroxylation is 2. The topological polar surface area (TPSA) is 72.7 Å². The Kier molecular flexibility index (Phi) is 5.50. The second-order valence-electron chi connectivity index (χ2n) is 5.72. The number of nitrogens with one attached hydrogen (secondary N) is 1. The fraction of sp³-hybridized carbons (Fsp3) is 0.294. The summed E-state index contributed by atoms with van der Waals surface area (Å²) in [6.45, 7) is 6.47. The van der Waals surface area contributed by atoms with Crippen molar-refractivity contribution >= 4 is 29.0 Å². The molecule has 0 aliphatic heterocycles. The maximum absolute atomic E-state index is 12.3. The van der Waals surface area contributed by atoms with E-state index in [9.17, 15) is 4.79 Å². The highest BCUT2D eigenvalue weighted by atomic mass is 32.2. The van der Waals surface area contributed by atoms with Crippen LogP contribution in [0.4, 0.5) is 0 Å². The van der Waals surface area contributed by atoms with E-state index in [-0.39, 0.29) is 11.2 Å². The van der Waals surface area contributed by atoms with Crippen LogP contribution in [0.2, 0.25) is 0 Å². The van der Waals surface area contributed by atoms with Crippen LogP contribution in [-0.2, 0) is 11.3 Å². The summed E-state index contributed by atoms with van der Waals surface area (Å²) in [6, 6.07) is 10.1. The maximum atomic E-state index is 12.3. The van der Waals surface area contributed by atoms with Crippen LogP contribution in [0.25, 0.3) is 5.69 Å². The van der Waals surface area contributed by atoms with Crippen LogP contribution in [0.15, 0.2) is 40.9 Å². The van der Waals surface area contributed by atoms with Crippen molar-refractivity contribution < 1.29 is 4.79 Å². The first-order chi connectivity index (χ1) is 12.0. The third-order valence-electron chi connectivity index (χ3n) is 3.69. The third kappa shape index (κ3) is 4.26. The van der Waals surface area contributed by atoms with Crippen molar-refractivity contribution in [3.63, 3.8) is 0 Å². The summed E-state index contributed by atoms with van der Waals surface area (Å²) in [5.74, 6) is -0.0337. The van der Waals surface area contributed by atoms with E-state index >= 15 is 0 Å². The zero-order valence-corrected chi connectivity index (χ0v) is 15.9. The number of benzene rings is 1. The van der Waals surface area contributed by atoms with Gasteiger partial charge in [0.2, 0.25) is 11.1 Å². The van der Waals surface area contributed by atoms with Crippen LogP contribution >= 0.6 is 23.1 Å². The largest absolute Gasteiger partial charge is 0.350 e. The highest BCUT2D eigenvalue weighted by molar-refractivity contribution is 8.00. The summed E-state index contributed by atoms with van der Waals surface area (Å²) in [4.78, 5) is 13.4. The molecule has 0 unspecified atom stereocenters. The zero-order valence-electron chi connectivity index (χ0n) is 14.3. The fourth-order valence-corrected chi connectivity index (χ4v) is 3.86. The van der Waals surface area contributed by atoms with Gasteiger partial charge < -0.3 is 5.32 Å². The van der Waals surface area contributed by atoms with Gasteiger partial charge in [-0.2, -0.15) is 4.68 Å². The first-order valence-corrected chi connectivity index (χ1v) is 9.63. The van der Waals surface area contributed by atoms with Gasteiger partial charge in [-0.15, -0.1) is 16.4 Å². The number of carbonyl (C=O) groups is 1. The molecule has 1 aromatic carbocycles. The fourth-order valence-electron chi connectivity index (χ4n) is 2.39. The van der Waals surface area contributed by atoms with Crippen LogP contribution in [0, 0.1) is 13.8 Å². The Morgan fingerprint density at radius 2 is 2.20 bits per heavy atom. The van der Waals surface area contributed by atoms with Crippen molar-refractivity contribution in [3.8, 4) is 5.69 Å². The van der Waals surface area contributed by atoms with Gasteiger partial charge in [0.15, 0.2) is 0 Å². The van der Waals surface area contributed by atoms with E-state index < -0.39 is 0 Å². The molecule has 1 amide bonds. The van der Waals surface area contributed by atoms with Gasteiger partial charge in [-0.25, -0.2) is 0 Å². The number of hydrogen-bond donors (Lipinski definition) is 1. The number of carbonyl (C=O) groups excluding carboxylic acids is 1. The Balaban J connectivity index is 1.69. The number of hydrogen-bond acceptors (Lipinski definition) is 6. The van der Waals surface area contributed by atoms with E-state index in [1.165, 1.54) is 17.3 Å². The van der Waals surface area contributed by atoms with Gasteiger partial charge in [-0.1, -0.05) is 35.5 Å². The van der Waals surface area contributed by atoms with Crippen molar-refractivity contribution in [3.05, 3.63) is 51.7 Å². The molecule has 0 radical (unpaired) electrons. The van der Waals surface area contributed by atoms with Crippen LogP contribution < -0.4 is 5.32 Å². The van der Waals surface area contributed by atoms with Gasteiger partial charge in [-0.05, 0) is 54.3 Å². The SMILES string of the molecule is Cc1ccc(-n2nnnc2S[C@H](C)C(=O)NCc2cccs2)c(C)c1. The molecule has 0 saturated heterocycles. The first kappa shape index (κ1) is 17.6. The molecule has 0 aliphatic rings. The third-order valence-corrected chi connectivity index (χ3v) is 5.60. The summed E-state index contributed by atoms with van der Waals surface area (Å²) in [5, 5.41) is 17.2. The average Bonchev–Trinajstić information content (AvgIpc) is 3.24. The Labute approximate surface area is 154 Å². The highest BCUT2D eigenvalue weighted by Crippen LogP contribution is 2.25. The van der Waals surface area contributed by atoms with Crippen LogP contribution in [0.5, 0.6) is 0 Å². The molecule has 1 atom stereocenters. The molecule has 130 valence electrons. The minimum absolute atomic E-state index is 0.0337. The summed E-state index contributed by atoms with van der Waals surface area (Å²) in [5.41, 5.74) is 3.19. The lowest BCUT2D eigenvalue weighted by Gasteiger charge is -2.12. The van der Waals surface area contributed by atoms with E-state index in [1.807, 2.05) is 50.4 Å². The molecule has 6 nitrogen and oxygen atoms in total. The molecule has 8 heteroatoms. The molecule has 1 N–H and O–H groups in total. The number of tetrazole rings is 1. The molecule has 3 rings (SSSR count). The Bertz CT molecular complexity index is 860. The van der Waals surface area contributed by atoms with Crippen molar-refractivity contribution in [1.82, 2.24) is 25.5 Å². The lowest BCUT2D eigenvalue weighted by molar-refractivity contribution is -0.120. The molecule has 0 saturated carbocycles. The average molecular weight is 374 g/mol. The number of rotatable bonds is 6. The Hall–Kier alpha value is -2.19. The predicted octanol–water partition coefficient (Wildman–Crippen LogP) is 3.14. The standard InChI is InChI=1S/C17H19N5OS2/c1-11-6-7-15(12(2)9-11)22-17(19-20-21-22)25-13(3)16(23)18-10-14-5-4-8-24-14/h4-9,13H,10H2,1-3H3,(H,18,23)/t13-/m1/s1. The molecule has 3 aromatic rings. The number of amides is 1. The van der Waals surface area contributed by atoms with Crippen LogP contribution in [0.3, 0.4) is 0 Å². The second-order valence-corrected chi connectivity index (χ2v) is 8.06. The van der Waals surface area contributed by atoms with Crippen LogP contribution in [0.1, 0.15) is 22.9 Å². The molecule has 2 heterocycles. The summed E-state index contributed by atoms with van der Waals surface area (Å²) in [7, 11) is 0. The normalized spacial score (nSPS) is 12.1. The summed E-state index contributed by atoms with van der Waals surface area (Å²) < 4.78 is 1.68. The number of aromatic nitrogens is 4. The van der Waals surface area contributed by atoms with E-state index in [0.717, 1.165) is 16.1 Å². The molecular weight excluding hydrogens is 354 g/mol. The minimum Gasteiger partial charge on any atom is -0.350 e. The van der Waals surface area contributed by atoms with E-state index in [4.69, 9.17) is 0 Å². The van der Waals surface area contributed by atoms with Gasteiger partial charge in [0.25, 0.3) is 0 Å². The van der Waals surface area contributed by atoms with Gasteiger partial charge in [0.05, 0.1) is 17.5 Å². The number of thioether (sulfide) groups is 1. The minimum atomic E-state index is -0.296. The lowest BCUT2D eigenvalue weighted by atomic mass is 10.1. The molecule has 0 aliphatic carbocycles. The molecule has 0 bridgehead atoms. The Morgan fingerprint density at radius 3 is 2.92 bits per heavy atom. The first-order valence-electron chi connectivity index (χ1n) is 7.87. The van der Waals surface area contributed by atoms with Gasteiger partial charge in [0.1, 0.15) is 0 Å². The quantitative estimate of drug-likeness (QED) is 0.672. The van der Waals surface area contributed by atoms with Crippen molar-refractivity contribution in [2.24, 2.45) is 0 Å². The van der Waals surface area contributed by atoms with Gasteiger partial charge in [0, 0.05) is 4.88 Å². The van der Waals surface area contributed by atoms with Crippen molar-refractivity contribution in [2.45, 2.75) is 37.7 Å². The lowest BCUT2D eigenvalue weighted by Crippen LogP contribution is -2.30. The molecule has 2 aromatic heterocycles. The van der Waals surface area contributed by atoms with Crippen LogP contribution in [-0.4, -0.2) is 31.4 Å². The van der Waals surface area contributed by atoms with Crippen molar-refractivity contribution in [2.75, 3.05) is 0 Å². The van der Waals surface area contributed by atoms with Crippen molar-refractivity contribution in [1.29, 1.82) is 0 Å². The summed E-state index contributed by atoms with van der Waals surface area (Å²) in [6.07, 6.45) is 0. The van der Waals surface area contributed by atoms with Gasteiger partial charge >= 0.3 is 0 Å². The van der Waals surface area contributed by atoms with E-state index in [1.54, 1.807) is 16.0 Å². The smallest absolute Gasteiger partial charge is 0.233 e. The molecule has 0 spiro atoms. The number of thiophene rings is 1. The monoisotopic (exact) mass is 373 g/mol. The molecular formula is C17H19N5OS2. The second kappa shape index (κ2) is 7.79. The zero-order chi connectivity index (χ0) is 17.8. The maximum Gasteiger partial charge on any atom is 0.233 e. The summed E-state index contributed by atoms with van der Waals surface area (Å²) >= 11 is 2.97. The molecule has 25 heavy (non-hydrogen) atoms.